The van der Waals surface area contributed by atoms with Crippen LogP contribution < -0.4 is 5.73 Å². The van der Waals surface area contributed by atoms with Gasteiger partial charge in [0.05, 0.1) is 13.5 Å². The molecule has 0 aliphatic carbocycles. The second-order valence-electron chi connectivity index (χ2n) is 4.37. The summed E-state index contributed by atoms with van der Waals surface area (Å²) in [7, 11) is 1.37. The number of ether oxygens (including phenoxy) is 1. The molecule has 0 heterocycles. The monoisotopic (exact) mass is 291 g/mol. The van der Waals surface area contributed by atoms with Crippen molar-refractivity contribution in [1.29, 1.82) is 0 Å². The maximum absolute atomic E-state index is 11.2. The molecule has 0 saturated carbocycles. The van der Waals surface area contributed by atoms with Gasteiger partial charge in [-0.1, -0.05) is 54.6 Å². The zero-order valence-corrected chi connectivity index (χ0v) is 12.1. The standard InChI is InChI=1S/C16H17NO2.ClH/c1-19-16(18)11-15(17)14-9-7-13(8-10-14)12-5-3-2-4-6-12;/h2-10,15H,11,17H2,1H3;1H. The SMILES string of the molecule is COC(=O)CC(N)c1ccc(-c2ccccc2)cc1.Cl. The van der Waals surface area contributed by atoms with Gasteiger partial charge in [0.2, 0.25) is 0 Å². The van der Waals surface area contributed by atoms with E-state index in [1.54, 1.807) is 0 Å². The average Bonchev–Trinajstić information content (AvgIpc) is 2.48. The van der Waals surface area contributed by atoms with E-state index in [1.165, 1.54) is 7.11 Å². The van der Waals surface area contributed by atoms with Crippen molar-refractivity contribution in [3.8, 4) is 11.1 Å². The van der Waals surface area contributed by atoms with Crippen LogP contribution in [0.4, 0.5) is 0 Å². The molecule has 2 N–H and O–H groups in total. The molecule has 0 saturated heterocycles. The fraction of sp³-hybridized carbons (Fsp3) is 0.188. The number of hydrogen-bond donors (Lipinski definition) is 1. The number of esters is 1. The summed E-state index contributed by atoms with van der Waals surface area (Å²) in [6.45, 7) is 0. The number of benzene rings is 2. The maximum atomic E-state index is 11.2. The molecule has 0 aliphatic rings. The molecule has 1 unspecified atom stereocenters. The van der Waals surface area contributed by atoms with Gasteiger partial charge in [-0.15, -0.1) is 12.4 Å². The van der Waals surface area contributed by atoms with Crippen molar-refractivity contribution < 1.29 is 9.53 Å². The predicted octanol–water partition coefficient (Wildman–Crippen LogP) is 3.34. The lowest BCUT2D eigenvalue weighted by Gasteiger charge is -2.11. The Labute approximate surface area is 125 Å². The van der Waals surface area contributed by atoms with E-state index in [0.29, 0.717) is 0 Å². The van der Waals surface area contributed by atoms with Crippen LogP contribution >= 0.6 is 12.4 Å². The summed E-state index contributed by atoms with van der Waals surface area (Å²) in [6.07, 6.45) is 0.196. The van der Waals surface area contributed by atoms with E-state index in [4.69, 9.17) is 5.73 Å². The van der Waals surface area contributed by atoms with Crippen LogP contribution in [0.2, 0.25) is 0 Å². The summed E-state index contributed by atoms with van der Waals surface area (Å²) < 4.78 is 4.62. The number of rotatable bonds is 4. The van der Waals surface area contributed by atoms with Crippen LogP contribution in [0.25, 0.3) is 11.1 Å². The van der Waals surface area contributed by atoms with Gasteiger partial charge in [0.25, 0.3) is 0 Å². The van der Waals surface area contributed by atoms with Gasteiger partial charge in [-0.3, -0.25) is 4.79 Å². The summed E-state index contributed by atoms with van der Waals surface area (Å²) in [5.41, 5.74) is 9.19. The molecule has 0 bridgehead atoms. The van der Waals surface area contributed by atoms with E-state index < -0.39 is 0 Å². The van der Waals surface area contributed by atoms with E-state index >= 15 is 0 Å². The Bertz CT molecular complexity index is 540. The lowest BCUT2D eigenvalue weighted by molar-refractivity contribution is -0.141. The topological polar surface area (TPSA) is 52.3 Å². The third-order valence-electron chi connectivity index (χ3n) is 3.06. The van der Waals surface area contributed by atoms with Crippen molar-refractivity contribution in [2.45, 2.75) is 12.5 Å². The number of hydrogen-bond acceptors (Lipinski definition) is 3. The van der Waals surface area contributed by atoms with Crippen molar-refractivity contribution in [3.05, 3.63) is 60.2 Å². The molecule has 0 spiro atoms. The minimum absolute atomic E-state index is 0. The Balaban J connectivity index is 0.00000200. The van der Waals surface area contributed by atoms with E-state index in [0.717, 1.165) is 16.7 Å². The third-order valence-corrected chi connectivity index (χ3v) is 3.06. The molecular weight excluding hydrogens is 274 g/mol. The minimum Gasteiger partial charge on any atom is -0.469 e. The molecule has 3 nitrogen and oxygen atoms in total. The van der Waals surface area contributed by atoms with Gasteiger partial charge >= 0.3 is 5.97 Å². The molecule has 0 radical (unpaired) electrons. The second kappa shape index (κ2) is 7.68. The molecule has 4 heteroatoms. The normalized spacial score (nSPS) is 11.3. The number of carbonyl (C=O) groups excluding carboxylic acids is 1. The summed E-state index contributed by atoms with van der Waals surface area (Å²) in [4.78, 5) is 11.2. The van der Waals surface area contributed by atoms with Gasteiger partial charge in [0.15, 0.2) is 0 Å². The summed E-state index contributed by atoms with van der Waals surface area (Å²) in [5, 5.41) is 0. The first kappa shape index (κ1) is 16.2. The van der Waals surface area contributed by atoms with Crippen LogP contribution in [-0.2, 0) is 9.53 Å². The first-order valence-electron chi connectivity index (χ1n) is 6.18. The number of nitrogens with two attached hydrogens (primary N) is 1. The Morgan fingerprint density at radius 3 is 2.15 bits per heavy atom. The largest absolute Gasteiger partial charge is 0.469 e. The van der Waals surface area contributed by atoms with Crippen molar-refractivity contribution in [2.75, 3.05) is 7.11 Å². The first-order chi connectivity index (χ1) is 9.20. The van der Waals surface area contributed by atoms with E-state index in [9.17, 15) is 4.79 Å². The molecule has 0 fully saturated rings. The average molecular weight is 292 g/mol. The highest BCUT2D eigenvalue weighted by atomic mass is 35.5. The Morgan fingerprint density at radius 1 is 1.05 bits per heavy atom. The van der Waals surface area contributed by atoms with E-state index in [-0.39, 0.29) is 30.8 Å². The zero-order chi connectivity index (χ0) is 13.7. The van der Waals surface area contributed by atoms with Crippen LogP contribution in [0.1, 0.15) is 18.0 Å². The predicted molar refractivity (Wildman–Crippen MR) is 82.7 cm³/mol. The van der Waals surface area contributed by atoms with Crippen molar-refractivity contribution in [2.24, 2.45) is 5.73 Å². The van der Waals surface area contributed by atoms with Crippen molar-refractivity contribution in [3.63, 3.8) is 0 Å². The van der Waals surface area contributed by atoms with Gasteiger partial charge in [-0.25, -0.2) is 0 Å². The molecule has 2 rings (SSSR count). The highest BCUT2D eigenvalue weighted by Gasteiger charge is 2.11. The first-order valence-corrected chi connectivity index (χ1v) is 6.18. The minimum atomic E-state index is -0.322. The highest BCUT2D eigenvalue weighted by molar-refractivity contribution is 5.85. The van der Waals surface area contributed by atoms with Gasteiger partial charge in [-0.05, 0) is 16.7 Å². The number of carbonyl (C=O) groups is 1. The summed E-state index contributed by atoms with van der Waals surface area (Å²) >= 11 is 0. The summed E-state index contributed by atoms with van der Waals surface area (Å²) in [6, 6.07) is 17.7. The number of halogens is 1. The maximum Gasteiger partial charge on any atom is 0.307 e. The fourth-order valence-corrected chi connectivity index (χ4v) is 1.93. The number of methoxy groups -OCH3 is 1. The quantitative estimate of drug-likeness (QED) is 0.879. The fourth-order valence-electron chi connectivity index (χ4n) is 1.93. The van der Waals surface area contributed by atoms with E-state index in [1.807, 2.05) is 42.5 Å². The lowest BCUT2D eigenvalue weighted by Crippen LogP contribution is -2.16. The lowest BCUT2D eigenvalue weighted by atomic mass is 10.00. The smallest absolute Gasteiger partial charge is 0.307 e. The van der Waals surface area contributed by atoms with Crippen molar-refractivity contribution >= 4 is 18.4 Å². The zero-order valence-electron chi connectivity index (χ0n) is 11.3. The van der Waals surface area contributed by atoms with E-state index in [2.05, 4.69) is 16.9 Å². The van der Waals surface area contributed by atoms with Gasteiger partial charge in [0.1, 0.15) is 0 Å². The summed E-state index contributed by atoms with van der Waals surface area (Å²) in [5.74, 6) is -0.292. The molecule has 2 aromatic rings. The molecule has 106 valence electrons. The molecule has 2 aromatic carbocycles. The van der Waals surface area contributed by atoms with Crippen LogP contribution in [0, 0.1) is 0 Å². The highest BCUT2D eigenvalue weighted by Crippen LogP contribution is 2.22. The van der Waals surface area contributed by atoms with Gasteiger partial charge in [-0.2, -0.15) is 0 Å². The Kier molecular flexibility index (Phi) is 6.22. The Morgan fingerprint density at radius 2 is 1.60 bits per heavy atom. The molecule has 20 heavy (non-hydrogen) atoms. The second-order valence-corrected chi connectivity index (χ2v) is 4.37. The van der Waals surface area contributed by atoms with Crippen LogP contribution in [0.15, 0.2) is 54.6 Å². The van der Waals surface area contributed by atoms with Gasteiger partial charge in [0, 0.05) is 6.04 Å². The van der Waals surface area contributed by atoms with Crippen LogP contribution in [0.5, 0.6) is 0 Å². The molecule has 0 amide bonds. The van der Waals surface area contributed by atoms with Crippen LogP contribution in [-0.4, -0.2) is 13.1 Å². The van der Waals surface area contributed by atoms with Crippen molar-refractivity contribution in [1.82, 2.24) is 0 Å². The Hall–Kier alpha value is -1.84. The molecule has 0 aromatic heterocycles. The third kappa shape index (κ3) is 4.08. The molecule has 0 aliphatic heterocycles. The van der Waals surface area contributed by atoms with Crippen LogP contribution in [0.3, 0.4) is 0 Å². The van der Waals surface area contributed by atoms with Gasteiger partial charge < -0.3 is 10.5 Å². The molecule has 1 atom stereocenters. The molecular formula is C16H18ClNO2.